The Morgan fingerprint density at radius 1 is 1.42 bits per heavy atom. The first kappa shape index (κ1) is 17.7. The number of carbonyl (C=O) groups is 1. The van der Waals surface area contributed by atoms with Gasteiger partial charge in [0.05, 0.1) is 18.3 Å². The fourth-order valence-corrected chi connectivity index (χ4v) is 2.27. The summed E-state index contributed by atoms with van der Waals surface area (Å²) in [6.45, 7) is 6.47. The van der Waals surface area contributed by atoms with Crippen LogP contribution in [0.15, 0.2) is 48.7 Å². The maximum atomic E-state index is 12.6. The van der Waals surface area contributed by atoms with Crippen LogP contribution < -0.4 is 10.1 Å². The Morgan fingerprint density at radius 3 is 2.83 bits per heavy atom. The number of carbonyl (C=O) groups excluding carboxylic acids is 1. The smallest absolute Gasteiger partial charge is 0.252 e. The summed E-state index contributed by atoms with van der Waals surface area (Å²) >= 11 is 0. The molecular weight excluding hydrogens is 306 g/mol. The van der Waals surface area contributed by atoms with E-state index in [2.05, 4.69) is 17.0 Å². The Balaban J connectivity index is 2.11. The topological polar surface area (TPSA) is 65.4 Å². The number of aryl methyl sites for hydroxylation is 1. The Morgan fingerprint density at radius 2 is 2.21 bits per heavy atom. The molecule has 0 bridgehead atoms. The second-order valence-electron chi connectivity index (χ2n) is 5.63. The highest BCUT2D eigenvalue weighted by Crippen LogP contribution is 2.17. The number of ether oxygens (including phenoxy) is 2. The molecule has 2 aromatic rings. The van der Waals surface area contributed by atoms with Crippen molar-refractivity contribution in [2.45, 2.75) is 13.0 Å². The molecule has 1 heterocycles. The molecule has 24 heavy (non-hydrogen) atoms. The molecule has 0 aliphatic carbocycles. The van der Waals surface area contributed by atoms with E-state index >= 15 is 0 Å². The lowest BCUT2D eigenvalue weighted by molar-refractivity contribution is 0.0892. The third-order valence-electron chi connectivity index (χ3n) is 3.44. The number of hydrogen-bond donors (Lipinski definition) is 1. The molecule has 0 unspecified atom stereocenters. The van der Waals surface area contributed by atoms with Gasteiger partial charge in [0.1, 0.15) is 12.4 Å². The molecule has 1 atom stereocenters. The van der Waals surface area contributed by atoms with Gasteiger partial charge in [-0.1, -0.05) is 12.6 Å². The molecule has 0 saturated heterocycles. The van der Waals surface area contributed by atoms with E-state index in [0.29, 0.717) is 24.5 Å². The first-order chi connectivity index (χ1) is 11.5. The van der Waals surface area contributed by atoms with E-state index in [0.717, 1.165) is 11.3 Å². The summed E-state index contributed by atoms with van der Waals surface area (Å²) in [5.74, 6) is 0.438. The van der Waals surface area contributed by atoms with Crippen molar-refractivity contribution in [1.29, 1.82) is 0 Å². The van der Waals surface area contributed by atoms with Crippen molar-refractivity contribution in [2.75, 3.05) is 20.3 Å². The van der Waals surface area contributed by atoms with Crippen molar-refractivity contribution in [3.8, 4) is 5.75 Å². The maximum absolute atomic E-state index is 12.6. The predicted octanol–water partition coefficient (Wildman–Crippen LogP) is 2.49. The van der Waals surface area contributed by atoms with Crippen molar-refractivity contribution in [1.82, 2.24) is 15.1 Å². The van der Waals surface area contributed by atoms with Gasteiger partial charge >= 0.3 is 0 Å². The minimum absolute atomic E-state index is 0.195. The zero-order valence-corrected chi connectivity index (χ0v) is 14.3. The SMILES string of the molecule is C=C(C)COc1cccc(C(=O)N[C@@H](COC)c2ccnn2C)c1. The van der Waals surface area contributed by atoms with Gasteiger partial charge in [-0.3, -0.25) is 9.48 Å². The Labute approximate surface area is 142 Å². The van der Waals surface area contributed by atoms with Crippen LogP contribution in [0.3, 0.4) is 0 Å². The number of rotatable bonds is 8. The quantitative estimate of drug-likeness (QED) is 0.756. The molecule has 6 nitrogen and oxygen atoms in total. The molecule has 1 aromatic carbocycles. The highest BCUT2D eigenvalue weighted by atomic mass is 16.5. The number of hydrogen-bond acceptors (Lipinski definition) is 4. The molecule has 0 saturated carbocycles. The van der Waals surface area contributed by atoms with E-state index in [1.54, 1.807) is 36.2 Å². The molecule has 6 heteroatoms. The summed E-state index contributed by atoms with van der Waals surface area (Å²) in [5.41, 5.74) is 2.32. The highest BCUT2D eigenvalue weighted by Gasteiger charge is 2.18. The number of methoxy groups -OCH3 is 1. The van der Waals surface area contributed by atoms with Crippen molar-refractivity contribution in [3.05, 3.63) is 59.9 Å². The van der Waals surface area contributed by atoms with Gasteiger partial charge in [0.2, 0.25) is 0 Å². The molecule has 0 spiro atoms. The van der Waals surface area contributed by atoms with Gasteiger partial charge in [-0.25, -0.2) is 0 Å². The predicted molar refractivity (Wildman–Crippen MR) is 92.0 cm³/mol. The maximum Gasteiger partial charge on any atom is 0.252 e. The van der Waals surface area contributed by atoms with Crippen LogP contribution in [0.5, 0.6) is 5.75 Å². The van der Waals surface area contributed by atoms with Crippen LogP contribution in [0.2, 0.25) is 0 Å². The largest absolute Gasteiger partial charge is 0.489 e. The van der Waals surface area contributed by atoms with Crippen LogP contribution in [0.25, 0.3) is 0 Å². The summed E-state index contributed by atoms with van der Waals surface area (Å²) in [4.78, 5) is 12.6. The molecule has 1 aromatic heterocycles. The Bertz CT molecular complexity index is 709. The normalized spacial score (nSPS) is 11.8. The van der Waals surface area contributed by atoms with E-state index in [-0.39, 0.29) is 11.9 Å². The van der Waals surface area contributed by atoms with Gasteiger partial charge in [0.15, 0.2) is 0 Å². The molecular formula is C18H23N3O3. The first-order valence-electron chi connectivity index (χ1n) is 7.66. The minimum Gasteiger partial charge on any atom is -0.489 e. The molecule has 128 valence electrons. The molecule has 2 rings (SSSR count). The first-order valence-corrected chi connectivity index (χ1v) is 7.66. The Kier molecular flexibility index (Phi) is 6.14. The second-order valence-corrected chi connectivity index (χ2v) is 5.63. The lowest BCUT2D eigenvalue weighted by Crippen LogP contribution is -2.32. The summed E-state index contributed by atoms with van der Waals surface area (Å²) in [7, 11) is 3.43. The summed E-state index contributed by atoms with van der Waals surface area (Å²) < 4.78 is 12.5. The van der Waals surface area contributed by atoms with Crippen molar-refractivity contribution >= 4 is 5.91 Å². The van der Waals surface area contributed by atoms with Crippen molar-refractivity contribution in [2.24, 2.45) is 7.05 Å². The van der Waals surface area contributed by atoms with Crippen LogP contribution in [0.1, 0.15) is 29.0 Å². The monoisotopic (exact) mass is 329 g/mol. The van der Waals surface area contributed by atoms with Gasteiger partial charge in [0.25, 0.3) is 5.91 Å². The Hall–Kier alpha value is -2.60. The summed E-state index contributed by atoms with van der Waals surface area (Å²) in [5, 5.41) is 7.11. The fraction of sp³-hybridized carbons (Fsp3) is 0.333. The molecule has 0 aliphatic rings. The van der Waals surface area contributed by atoms with Gasteiger partial charge in [-0.2, -0.15) is 5.10 Å². The number of nitrogens with zero attached hydrogens (tertiary/aromatic N) is 2. The van der Waals surface area contributed by atoms with E-state index in [9.17, 15) is 4.79 Å². The highest BCUT2D eigenvalue weighted by molar-refractivity contribution is 5.94. The van der Waals surface area contributed by atoms with Crippen molar-refractivity contribution in [3.63, 3.8) is 0 Å². The molecule has 1 amide bonds. The van der Waals surface area contributed by atoms with Gasteiger partial charge in [-0.05, 0) is 36.8 Å². The van der Waals surface area contributed by atoms with Gasteiger partial charge in [0, 0.05) is 25.9 Å². The lowest BCUT2D eigenvalue weighted by Gasteiger charge is -2.18. The standard InChI is InChI=1S/C18H23N3O3/c1-13(2)11-24-15-7-5-6-14(10-15)18(22)20-16(12-23-4)17-8-9-19-21(17)3/h5-10,16H,1,11-12H2,2-4H3,(H,20,22)/t16-/m0/s1. The zero-order valence-electron chi connectivity index (χ0n) is 14.3. The molecule has 0 radical (unpaired) electrons. The third-order valence-corrected chi connectivity index (χ3v) is 3.44. The van der Waals surface area contributed by atoms with E-state index in [1.165, 1.54) is 0 Å². The zero-order chi connectivity index (χ0) is 17.5. The van der Waals surface area contributed by atoms with Gasteiger partial charge < -0.3 is 14.8 Å². The molecule has 1 N–H and O–H groups in total. The average Bonchev–Trinajstić information content (AvgIpc) is 2.98. The van der Waals surface area contributed by atoms with Crippen LogP contribution in [0, 0.1) is 0 Å². The van der Waals surface area contributed by atoms with Crippen LogP contribution in [-0.2, 0) is 11.8 Å². The fourth-order valence-electron chi connectivity index (χ4n) is 2.27. The molecule has 0 fully saturated rings. The van der Waals surface area contributed by atoms with Crippen LogP contribution >= 0.6 is 0 Å². The average molecular weight is 329 g/mol. The van der Waals surface area contributed by atoms with E-state index in [4.69, 9.17) is 9.47 Å². The number of nitrogens with one attached hydrogen (secondary N) is 1. The number of benzene rings is 1. The minimum atomic E-state index is -0.282. The van der Waals surface area contributed by atoms with Gasteiger partial charge in [-0.15, -0.1) is 0 Å². The second kappa shape index (κ2) is 8.31. The third kappa shape index (κ3) is 4.70. The number of amides is 1. The summed E-state index contributed by atoms with van der Waals surface area (Å²) in [6.07, 6.45) is 1.69. The molecule has 0 aliphatic heterocycles. The van der Waals surface area contributed by atoms with E-state index < -0.39 is 0 Å². The lowest BCUT2D eigenvalue weighted by atomic mass is 10.1. The van der Waals surface area contributed by atoms with Crippen LogP contribution in [0.4, 0.5) is 0 Å². The van der Waals surface area contributed by atoms with Crippen molar-refractivity contribution < 1.29 is 14.3 Å². The van der Waals surface area contributed by atoms with Crippen LogP contribution in [-0.4, -0.2) is 36.0 Å². The number of aromatic nitrogens is 2. The summed E-state index contributed by atoms with van der Waals surface area (Å²) in [6, 6.07) is 8.64. The van der Waals surface area contributed by atoms with E-state index in [1.807, 2.05) is 26.1 Å².